The number of benzene rings is 1. The summed E-state index contributed by atoms with van der Waals surface area (Å²) in [5.41, 5.74) is 0. The summed E-state index contributed by atoms with van der Waals surface area (Å²) in [4.78, 5) is 0.223. The molecule has 6 heteroatoms. The van der Waals surface area contributed by atoms with E-state index in [1.165, 1.54) is 11.4 Å². The van der Waals surface area contributed by atoms with Gasteiger partial charge in [-0.2, -0.15) is 4.31 Å². The van der Waals surface area contributed by atoms with Gasteiger partial charge in [-0.15, -0.1) is 0 Å². The second kappa shape index (κ2) is 6.67. The van der Waals surface area contributed by atoms with Gasteiger partial charge >= 0.3 is 0 Å². The van der Waals surface area contributed by atoms with Crippen LogP contribution in [0.3, 0.4) is 0 Å². The van der Waals surface area contributed by atoms with Gasteiger partial charge in [-0.05, 0) is 49.8 Å². The van der Waals surface area contributed by atoms with Gasteiger partial charge < -0.3 is 4.74 Å². The van der Waals surface area contributed by atoms with Crippen molar-refractivity contribution < 1.29 is 13.2 Å². The fourth-order valence-corrected chi connectivity index (χ4v) is 4.92. The number of methoxy groups -OCH3 is 1. The molecule has 0 spiro atoms. The van der Waals surface area contributed by atoms with E-state index in [0.717, 1.165) is 30.2 Å². The Kier molecular flexibility index (Phi) is 5.33. The molecule has 0 radical (unpaired) electrons. The highest BCUT2D eigenvalue weighted by Gasteiger charge is 2.32. The van der Waals surface area contributed by atoms with E-state index in [-0.39, 0.29) is 10.9 Å². The molecule has 0 bridgehead atoms. The average molecular weight is 376 g/mol. The maximum atomic E-state index is 12.9. The molecule has 0 atom stereocenters. The van der Waals surface area contributed by atoms with E-state index < -0.39 is 10.0 Å². The van der Waals surface area contributed by atoms with Crippen molar-refractivity contribution in [3.63, 3.8) is 0 Å². The molecule has 0 aliphatic heterocycles. The SMILES string of the molecule is COc1ccc(Br)cc1S(=O)(=O)N(C)C1CCC(C)CC1. The summed E-state index contributed by atoms with van der Waals surface area (Å²) in [5.74, 6) is 1.08. The molecule has 0 amide bonds. The Morgan fingerprint density at radius 1 is 1.24 bits per heavy atom. The van der Waals surface area contributed by atoms with Crippen LogP contribution >= 0.6 is 15.9 Å². The van der Waals surface area contributed by atoms with Crippen LogP contribution in [-0.4, -0.2) is 32.9 Å². The molecule has 0 unspecified atom stereocenters. The van der Waals surface area contributed by atoms with Crippen molar-refractivity contribution >= 4 is 26.0 Å². The van der Waals surface area contributed by atoms with E-state index in [1.807, 2.05) is 0 Å². The highest BCUT2D eigenvalue weighted by atomic mass is 79.9. The Bertz CT molecular complexity index is 595. The molecule has 1 aliphatic carbocycles. The Morgan fingerprint density at radius 2 is 1.86 bits per heavy atom. The fourth-order valence-electron chi connectivity index (χ4n) is 2.81. The number of ether oxygens (including phenoxy) is 1. The topological polar surface area (TPSA) is 46.6 Å². The van der Waals surface area contributed by atoms with E-state index in [0.29, 0.717) is 11.7 Å². The second-order valence-electron chi connectivity index (χ2n) is 5.73. The van der Waals surface area contributed by atoms with Gasteiger partial charge in [0.1, 0.15) is 10.6 Å². The number of hydrogen-bond acceptors (Lipinski definition) is 3. The first-order valence-electron chi connectivity index (χ1n) is 7.18. The van der Waals surface area contributed by atoms with Crippen molar-refractivity contribution in [2.24, 2.45) is 5.92 Å². The molecule has 0 N–H and O–H groups in total. The van der Waals surface area contributed by atoms with Gasteiger partial charge in [-0.1, -0.05) is 22.9 Å². The van der Waals surface area contributed by atoms with E-state index in [4.69, 9.17) is 4.74 Å². The average Bonchev–Trinajstić information content (AvgIpc) is 2.47. The summed E-state index contributed by atoms with van der Waals surface area (Å²) in [6.07, 6.45) is 4.01. The summed E-state index contributed by atoms with van der Waals surface area (Å²) >= 11 is 3.33. The minimum atomic E-state index is -3.54. The van der Waals surface area contributed by atoms with Gasteiger partial charge in [0.05, 0.1) is 7.11 Å². The number of nitrogens with zero attached hydrogens (tertiary/aromatic N) is 1. The third-order valence-corrected chi connectivity index (χ3v) is 6.71. The van der Waals surface area contributed by atoms with Crippen LogP contribution in [0.5, 0.6) is 5.75 Å². The highest BCUT2D eigenvalue weighted by molar-refractivity contribution is 9.10. The van der Waals surface area contributed by atoms with Gasteiger partial charge in [-0.25, -0.2) is 8.42 Å². The third kappa shape index (κ3) is 3.60. The monoisotopic (exact) mass is 375 g/mol. The molecule has 0 heterocycles. The Morgan fingerprint density at radius 3 is 2.43 bits per heavy atom. The lowest BCUT2D eigenvalue weighted by Gasteiger charge is -2.33. The molecule has 1 aromatic rings. The molecule has 21 heavy (non-hydrogen) atoms. The number of rotatable bonds is 4. The van der Waals surface area contributed by atoms with Crippen molar-refractivity contribution in [1.29, 1.82) is 0 Å². The minimum Gasteiger partial charge on any atom is -0.495 e. The molecule has 4 nitrogen and oxygen atoms in total. The molecule has 118 valence electrons. The molecular weight excluding hydrogens is 354 g/mol. The summed E-state index contributed by atoms with van der Waals surface area (Å²) in [7, 11) is -0.375. The van der Waals surface area contributed by atoms with Crippen LogP contribution in [0.15, 0.2) is 27.6 Å². The Hall–Kier alpha value is -0.590. The molecule has 1 fully saturated rings. The minimum absolute atomic E-state index is 0.0786. The van der Waals surface area contributed by atoms with Crippen molar-refractivity contribution in [2.45, 2.75) is 43.5 Å². The zero-order valence-corrected chi connectivity index (χ0v) is 15.1. The molecule has 1 aliphatic rings. The highest BCUT2D eigenvalue weighted by Crippen LogP contribution is 2.33. The van der Waals surface area contributed by atoms with Crippen molar-refractivity contribution in [2.75, 3.05) is 14.2 Å². The van der Waals surface area contributed by atoms with Crippen molar-refractivity contribution in [3.8, 4) is 5.75 Å². The molecule has 2 rings (SSSR count). The van der Waals surface area contributed by atoms with Gasteiger partial charge in [0, 0.05) is 17.6 Å². The maximum absolute atomic E-state index is 12.9. The molecule has 0 aromatic heterocycles. The van der Waals surface area contributed by atoms with E-state index in [1.54, 1.807) is 25.2 Å². The third-order valence-electron chi connectivity index (χ3n) is 4.28. The van der Waals surface area contributed by atoms with E-state index >= 15 is 0 Å². The first-order valence-corrected chi connectivity index (χ1v) is 9.41. The Balaban J connectivity index is 2.31. The smallest absolute Gasteiger partial charge is 0.246 e. The van der Waals surface area contributed by atoms with Crippen LogP contribution in [0.25, 0.3) is 0 Å². The van der Waals surface area contributed by atoms with Gasteiger partial charge in [0.25, 0.3) is 0 Å². The maximum Gasteiger partial charge on any atom is 0.246 e. The van der Waals surface area contributed by atoms with Crippen LogP contribution < -0.4 is 4.74 Å². The largest absolute Gasteiger partial charge is 0.495 e. The van der Waals surface area contributed by atoms with Crippen molar-refractivity contribution in [1.82, 2.24) is 4.31 Å². The predicted molar refractivity (Wildman–Crippen MR) is 87.1 cm³/mol. The van der Waals surface area contributed by atoms with Gasteiger partial charge in [-0.3, -0.25) is 0 Å². The van der Waals surface area contributed by atoms with Crippen LogP contribution in [0, 0.1) is 5.92 Å². The lowest BCUT2D eigenvalue weighted by Crippen LogP contribution is -2.39. The Labute approximate surface area is 135 Å². The molecule has 0 saturated heterocycles. The normalized spacial score (nSPS) is 23.3. The quantitative estimate of drug-likeness (QED) is 0.806. The first-order chi connectivity index (χ1) is 9.86. The summed E-state index contributed by atoms with van der Waals surface area (Å²) in [5, 5.41) is 0. The zero-order valence-electron chi connectivity index (χ0n) is 12.7. The summed E-state index contributed by atoms with van der Waals surface area (Å²) in [6.45, 7) is 2.22. The fraction of sp³-hybridized carbons (Fsp3) is 0.600. The van der Waals surface area contributed by atoms with Gasteiger partial charge in [0.2, 0.25) is 10.0 Å². The lowest BCUT2D eigenvalue weighted by atomic mass is 9.87. The standard InChI is InChI=1S/C15H22BrNO3S/c1-11-4-7-13(8-5-11)17(2)21(18,19)15-10-12(16)6-9-14(15)20-3/h6,9-11,13H,4-5,7-8H2,1-3H3. The number of hydrogen-bond donors (Lipinski definition) is 0. The van der Waals surface area contributed by atoms with Crippen LogP contribution in [0.4, 0.5) is 0 Å². The number of halogens is 1. The number of sulfonamides is 1. The van der Waals surface area contributed by atoms with Gasteiger partial charge in [0.15, 0.2) is 0 Å². The second-order valence-corrected chi connectivity index (χ2v) is 8.61. The molecule has 1 saturated carbocycles. The predicted octanol–water partition coefficient (Wildman–Crippen LogP) is 3.66. The van der Waals surface area contributed by atoms with E-state index in [9.17, 15) is 8.42 Å². The zero-order chi connectivity index (χ0) is 15.6. The van der Waals surface area contributed by atoms with Crippen LogP contribution in [-0.2, 0) is 10.0 Å². The lowest BCUT2D eigenvalue weighted by molar-refractivity contribution is 0.245. The van der Waals surface area contributed by atoms with E-state index in [2.05, 4.69) is 22.9 Å². The van der Waals surface area contributed by atoms with Crippen LogP contribution in [0.2, 0.25) is 0 Å². The van der Waals surface area contributed by atoms with Crippen LogP contribution in [0.1, 0.15) is 32.6 Å². The summed E-state index contributed by atoms with van der Waals surface area (Å²) < 4.78 is 33.2. The first kappa shape index (κ1) is 16.8. The molecular formula is C15H22BrNO3S. The summed E-state index contributed by atoms with van der Waals surface area (Å²) in [6, 6.07) is 5.14. The molecule has 1 aromatic carbocycles. The van der Waals surface area contributed by atoms with Crippen molar-refractivity contribution in [3.05, 3.63) is 22.7 Å².